The van der Waals surface area contributed by atoms with E-state index in [1.807, 2.05) is 23.6 Å². The summed E-state index contributed by atoms with van der Waals surface area (Å²) in [5, 5.41) is 20.4. The van der Waals surface area contributed by atoms with Crippen molar-refractivity contribution < 1.29 is 9.21 Å². The fraction of sp³-hybridized carbons (Fsp3) is 0.200. The number of amides is 1. The Morgan fingerprint density at radius 1 is 1.39 bits per heavy atom. The standard InChI is InChI=1S/C20H19N5O2S/c1-4-10-25-18(17-9-11-27-13(17)2)23-24-20(25)28-14(3)19(26)22-16-7-5-15(12-21)6-8-16/h4-9,11,14H,1,10H2,2-3H3,(H,22,26)/t14-/m0/s1. The molecule has 0 unspecified atom stereocenters. The van der Waals surface area contributed by atoms with Gasteiger partial charge in [0.15, 0.2) is 11.0 Å². The number of nitrogens with zero attached hydrogens (tertiary/aromatic N) is 4. The predicted molar refractivity (Wildman–Crippen MR) is 108 cm³/mol. The van der Waals surface area contributed by atoms with Crippen molar-refractivity contribution in [3.05, 3.63) is 60.6 Å². The molecule has 8 heteroatoms. The summed E-state index contributed by atoms with van der Waals surface area (Å²) in [6.07, 6.45) is 3.37. The number of anilines is 1. The predicted octanol–water partition coefficient (Wildman–Crippen LogP) is 4.02. The van der Waals surface area contributed by atoms with Crippen LogP contribution in [0.5, 0.6) is 0 Å². The number of aryl methyl sites for hydroxylation is 1. The summed E-state index contributed by atoms with van der Waals surface area (Å²) in [5.41, 5.74) is 2.04. The summed E-state index contributed by atoms with van der Waals surface area (Å²) in [7, 11) is 0. The summed E-state index contributed by atoms with van der Waals surface area (Å²) in [6, 6.07) is 10.6. The monoisotopic (exact) mass is 393 g/mol. The summed E-state index contributed by atoms with van der Waals surface area (Å²) in [5.74, 6) is 1.26. The van der Waals surface area contributed by atoms with Gasteiger partial charge in [-0.25, -0.2) is 0 Å². The first-order chi connectivity index (χ1) is 13.5. The van der Waals surface area contributed by atoms with Gasteiger partial charge in [-0.15, -0.1) is 16.8 Å². The molecule has 0 aliphatic heterocycles. The summed E-state index contributed by atoms with van der Waals surface area (Å²) >= 11 is 1.32. The summed E-state index contributed by atoms with van der Waals surface area (Å²) < 4.78 is 7.27. The van der Waals surface area contributed by atoms with Gasteiger partial charge in [0.2, 0.25) is 5.91 Å². The van der Waals surface area contributed by atoms with Crippen LogP contribution in [0.3, 0.4) is 0 Å². The molecule has 1 aromatic carbocycles. The van der Waals surface area contributed by atoms with Crippen molar-refractivity contribution in [3.63, 3.8) is 0 Å². The van der Waals surface area contributed by atoms with Crippen LogP contribution in [0.1, 0.15) is 18.2 Å². The number of carbonyl (C=O) groups is 1. The third kappa shape index (κ3) is 4.15. The van der Waals surface area contributed by atoms with Crippen molar-refractivity contribution in [2.24, 2.45) is 0 Å². The second-order valence-corrected chi connectivity index (χ2v) is 7.34. The fourth-order valence-electron chi connectivity index (χ4n) is 2.57. The zero-order valence-electron chi connectivity index (χ0n) is 15.5. The Hall–Kier alpha value is -3.31. The minimum Gasteiger partial charge on any atom is -0.469 e. The van der Waals surface area contributed by atoms with Gasteiger partial charge in [-0.3, -0.25) is 9.36 Å². The van der Waals surface area contributed by atoms with Crippen LogP contribution in [0, 0.1) is 18.3 Å². The van der Waals surface area contributed by atoms with E-state index >= 15 is 0 Å². The Morgan fingerprint density at radius 2 is 2.14 bits per heavy atom. The van der Waals surface area contributed by atoms with Gasteiger partial charge < -0.3 is 9.73 Å². The molecule has 28 heavy (non-hydrogen) atoms. The van der Waals surface area contributed by atoms with E-state index in [0.29, 0.717) is 28.8 Å². The van der Waals surface area contributed by atoms with Crippen LogP contribution in [0.25, 0.3) is 11.4 Å². The molecule has 3 rings (SSSR count). The van der Waals surface area contributed by atoms with E-state index < -0.39 is 5.25 Å². The average molecular weight is 393 g/mol. The molecular formula is C20H19N5O2S. The second-order valence-electron chi connectivity index (χ2n) is 6.03. The first kappa shape index (κ1) is 19.5. The van der Waals surface area contributed by atoms with Gasteiger partial charge in [-0.2, -0.15) is 5.26 Å². The molecule has 0 aliphatic carbocycles. The molecule has 2 heterocycles. The molecule has 0 saturated heterocycles. The van der Waals surface area contributed by atoms with Crippen LogP contribution in [-0.2, 0) is 11.3 Å². The van der Waals surface area contributed by atoms with Crippen LogP contribution < -0.4 is 5.32 Å². The zero-order chi connectivity index (χ0) is 20.1. The molecule has 142 valence electrons. The van der Waals surface area contributed by atoms with Gasteiger partial charge in [-0.1, -0.05) is 17.8 Å². The Bertz CT molecular complexity index is 1030. The largest absolute Gasteiger partial charge is 0.469 e. The maximum atomic E-state index is 12.5. The van der Waals surface area contributed by atoms with Gasteiger partial charge >= 0.3 is 0 Å². The number of hydrogen-bond acceptors (Lipinski definition) is 6. The summed E-state index contributed by atoms with van der Waals surface area (Å²) in [4.78, 5) is 12.5. The lowest BCUT2D eigenvalue weighted by atomic mass is 10.2. The van der Waals surface area contributed by atoms with E-state index in [2.05, 4.69) is 22.1 Å². The minimum absolute atomic E-state index is 0.163. The first-order valence-corrected chi connectivity index (χ1v) is 9.47. The molecule has 7 nitrogen and oxygen atoms in total. The van der Waals surface area contributed by atoms with Gasteiger partial charge in [0.25, 0.3) is 0 Å². The van der Waals surface area contributed by atoms with E-state index in [1.54, 1.807) is 43.5 Å². The zero-order valence-corrected chi connectivity index (χ0v) is 16.4. The van der Waals surface area contributed by atoms with E-state index in [4.69, 9.17) is 9.68 Å². The molecular weight excluding hydrogens is 374 g/mol. The number of furan rings is 1. The molecule has 2 aromatic heterocycles. The normalized spacial score (nSPS) is 11.6. The van der Waals surface area contributed by atoms with Crippen molar-refractivity contribution in [1.82, 2.24) is 14.8 Å². The molecule has 0 aliphatic rings. The minimum atomic E-state index is -0.401. The van der Waals surface area contributed by atoms with E-state index in [0.717, 1.165) is 11.3 Å². The molecule has 0 spiro atoms. The van der Waals surface area contributed by atoms with Crippen LogP contribution in [0.4, 0.5) is 5.69 Å². The number of rotatable bonds is 7. The maximum Gasteiger partial charge on any atom is 0.237 e. The molecule has 1 amide bonds. The van der Waals surface area contributed by atoms with Gasteiger partial charge in [0.1, 0.15) is 5.76 Å². The van der Waals surface area contributed by atoms with E-state index in [-0.39, 0.29) is 5.91 Å². The van der Waals surface area contributed by atoms with Crippen molar-refractivity contribution in [2.45, 2.75) is 30.8 Å². The lowest BCUT2D eigenvalue weighted by Gasteiger charge is -2.13. The topological polar surface area (TPSA) is 96.7 Å². The van der Waals surface area contributed by atoms with Crippen molar-refractivity contribution in [2.75, 3.05) is 5.32 Å². The molecule has 0 fully saturated rings. The Kier molecular flexibility index (Phi) is 5.96. The van der Waals surface area contributed by atoms with E-state index in [1.165, 1.54) is 11.8 Å². The van der Waals surface area contributed by atoms with Gasteiger partial charge in [0.05, 0.1) is 28.7 Å². The van der Waals surface area contributed by atoms with Gasteiger partial charge in [0, 0.05) is 12.2 Å². The Morgan fingerprint density at radius 3 is 2.75 bits per heavy atom. The lowest BCUT2D eigenvalue weighted by molar-refractivity contribution is -0.115. The highest BCUT2D eigenvalue weighted by molar-refractivity contribution is 8.00. The highest BCUT2D eigenvalue weighted by atomic mass is 32.2. The molecule has 1 N–H and O–H groups in total. The third-order valence-corrected chi connectivity index (χ3v) is 5.14. The number of nitrogens with one attached hydrogen (secondary N) is 1. The summed E-state index contributed by atoms with van der Waals surface area (Å²) in [6.45, 7) is 7.98. The maximum absolute atomic E-state index is 12.5. The Balaban J connectivity index is 1.75. The number of thioether (sulfide) groups is 1. The lowest BCUT2D eigenvalue weighted by Crippen LogP contribution is -2.23. The molecule has 1 atom stereocenters. The molecule has 3 aromatic rings. The molecule has 0 bridgehead atoms. The number of hydrogen-bond donors (Lipinski definition) is 1. The fourth-order valence-corrected chi connectivity index (χ4v) is 3.43. The van der Waals surface area contributed by atoms with Crippen LogP contribution in [0.2, 0.25) is 0 Å². The highest BCUT2D eigenvalue weighted by Gasteiger charge is 2.21. The second kappa shape index (κ2) is 8.59. The first-order valence-electron chi connectivity index (χ1n) is 8.59. The highest BCUT2D eigenvalue weighted by Crippen LogP contribution is 2.29. The van der Waals surface area contributed by atoms with Gasteiger partial charge in [-0.05, 0) is 44.2 Å². The third-order valence-electron chi connectivity index (χ3n) is 4.06. The Labute approximate surface area is 167 Å². The molecule has 0 saturated carbocycles. The SMILES string of the molecule is C=CCn1c(S[C@@H](C)C(=O)Nc2ccc(C#N)cc2)nnc1-c1ccoc1C. The number of aromatic nitrogens is 3. The average Bonchev–Trinajstić information content (AvgIpc) is 3.28. The van der Waals surface area contributed by atoms with Crippen LogP contribution >= 0.6 is 11.8 Å². The van der Waals surface area contributed by atoms with Crippen LogP contribution in [0.15, 0.2) is 58.8 Å². The number of nitriles is 1. The number of carbonyl (C=O) groups excluding carboxylic acids is 1. The van der Waals surface area contributed by atoms with Crippen LogP contribution in [-0.4, -0.2) is 25.9 Å². The number of allylic oxidation sites excluding steroid dienone is 1. The van der Waals surface area contributed by atoms with Crippen molar-refractivity contribution in [3.8, 4) is 17.5 Å². The number of benzene rings is 1. The smallest absolute Gasteiger partial charge is 0.237 e. The molecule has 0 radical (unpaired) electrons. The van der Waals surface area contributed by atoms with E-state index in [9.17, 15) is 4.79 Å². The quantitative estimate of drug-likeness (QED) is 0.481. The van der Waals surface area contributed by atoms with Crippen molar-refractivity contribution >= 4 is 23.4 Å². The van der Waals surface area contributed by atoms with Crippen molar-refractivity contribution in [1.29, 1.82) is 5.26 Å².